The minimum absolute atomic E-state index is 0.218. The Morgan fingerprint density at radius 1 is 1.09 bits per heavy atom. The summed E-state index contributed by atoms with van der Waals surface area (Å²) in [5.74, 6) is 0.887. The van der Waals surface area contributed by atoms with Crippen molar-refractivity contribution in [3.05, 3.63) is 83.5 Å². The lowest BCUT2D eigenvalue weighted by molar-refractivity contribution is 0.0861. The molecule has 1 aliphatic rings. The van der Waals surface area contributed by atoms with Crippen molar-refractivity contribution in [3.8, 4) is 22.6 Å². The van der Waals surface area contributed by atoms with E-state index in [4.69, 9.17) is 9.72 Å². The van der Waals surface area contributed by atoms with Crippen LogP contribution in [0.1, 0.15) is 19.8 Å². The summed E-state index contributed by atoms with van der Waals surface area (Å²) in [6.07, 6.45) is 5.98. The second-order valence-electron chi connectivity index (χ2n) is 8.66. The van der Waals surface area contributed by atoms with Crippen molar-refractivity contribution in [2.45, 2.75) is 32.2 Å². The van der Waals surface area contributed by atoms with Gasteiger partial charge in [-0.1, -0.05) is 18.2 Å². The zero-order chi connectivity index (χ0) is 23.9. The summed E-state index contributed by atoms with van der Waals surface area (Å²) in [5.41, 5.74) is 3.00. The van der Waals surface area contributed by atoms with Crippen LogP contribution in [0.2, 0.25) is 0 Å². The average Bonchev–Trinajstić information content (AvgIpc) is 3.68. The number of nitrogens with zero attached hydrogens (tertiary/aromatic N) is 4. The van der Waals surface area contributed by atoms with Crippen LogP contribution in [-0.2, 0) is 0 Å². The molecule has 1 N–H and O–H groups in total. The number of halogens is 1. The molecule has 0 bridgehead atoms. The number of aromatic nitrogens is 4. The third kappa shape index (κ3) is 4.19. The molecular formula is C27H22FN5O2. The molecule has 1 fully saturated rings. The zero-order valence-electron chi connectivity index (χ0n) is 19.0. The van der Waals surface area contributed by atoms with Crippen molar-refractivity contribution in [2.24, 2.45) is 0 Å². The molecule has 8 heteroatoms. The Hall–Kier alpha value is -4.33. The summed E-state index contributed by atoms with van der Waals surface area (Å²) in [5, 5.41) is 4.96. The fraction of sp³-hybridized carbons (Fsp3) is 0.185. The van der Waals surface area contributed by atoms with Crippen LogP contribution in [0, 0.1) is 0 Å². The van der Waals surface area contributed by atoms with Crippen molar-refractivity contribution in [1.29, 1.82) is 0 Å². The fourth-order valence-electron chi connectivity index (χ4n) is 4.14. The van der Waals surface area contributed by atoms with E-state index < -0.39 is 6.36 Å². The van der Waals surface area contributed by atoms with Crippen LogP contribution in [0.4, 0.5) is 10.3 Å². The average molecular weight is 468 g/mol. The summed E-state index contributed by atoms with van der Waals surface area (Å²) < 4.78 is 20.0. The van der Waals surface area contributed by atoms with E-state index in [9.17, 15) is 9.18 Å². The Labute approximate surface area is 200 Å². The van der Waals surface area contributed by atoms with E-state index in [0.29, 0.717) is 40.1 Å². The minimum atomic E-state index is -1.43. The van der Waals surface area contributed by atoms with Crippen LogP contribution >= 0.6 is 0 Å². The lowest BCUT2D eigenvalue weighted by atomic mass is 10.0. The normalized spacial score (nSPS) is 14.2. The molecule has 1 aliphatic carbocycles. The van der Waals surface area contributed by atoms with E-state index in [-0.39, 0.29) is 5.56 Å². The van der Waals surface area contributed by atoms with Crippen LogP contribution in [0.5, 0.6) is 5.75 Å². The number of alkyl halides is 1. The van der Waals surface area contributed by atoms with Gasteiger partial charge in [0, 0.05) is 48.0 Å². The van der Waals surface area contributed by atoms with Gasteiger partial charge in [-0.2, -0.15) is 0 Å². The molecule has 0 saturated heterocycles. The monoisotopic (exact) mass is 467 g/mol. The van der Waals surface area contributed by atoms with Crippen molar-refractivity contribution in [1.82, 2.24) is 19.5 Å². The molecular weight excluding hydrogens is 445 g/mol. The Bertz CT molecular complexity index is 1610. The van der Waals surface area contributed by atoms with E-state index in [1.54, 1.807) is 47.4 Å². The first-order valence-corrected chi connectivity index (χ1v) is 11.5. The van der Waals surface area contributed by atoms with E-state index in [1.807, 2.05) is 30.3 Å². The highest BCUT2D eigenvalue weighted by Gasteiger charge is 2.23. The molecule has 3 aromatic heterocycles. The quantitative estimate of drug-likeness (QED) is 0.367. The molecule has 1 atom stereocenters. The SMILES string of the molecule is C[C@H](F)Oc1ccc(-c2c(=O)n(-c3ccc4ncccc4c3)cc3cnc(NC4CC4)nc23)cc1. The van der Waals surface area contributed by atoms with Crippen molar-refractivity contribution < 1.29 is 9.13 Å². The number of ether oxygens (including phenoxy) is 1. The first kappa shape index (κ1) is 21.2. The molecule has 2 aromatic carbocycles. The molecule has 174 valence electrons. The number of pyridine rings is 2. The number of anilines is 1. The van der Waals surface area contributed by atoms with E-state index in [1.165, 1.54) is 6.92 Å². The van der Waals surface area contributed by atoms with Gasteiger partial charge < -0.3 is 10.1 Å². The van der Waals surface area contributed by atoms with Gasteiger partial charge in [-0.3, -0.25) is 14.3 Å². The van der Waals surface area contributed by atoms with Gasteiger partial charge in [-0.15, -0.1) is 0 Å². The first-order chi connectivity index (χ1) is 17.0. The van der Waals surface area contributed by atoms with Crippen LogP contribution in [-0.4, -0.2) is 31.9 Å². The maximum atomic E-state index is 13.9. The summed E-state index contributed by atoms with van der Waals surface area (Å²) in [4.78, 5) is 27.5. The van der Waals surface area contributed by atoms with Gasteiger partial charge in [0.15, 0.2) is 0 Å². The second kappa shape index (κ2) is 8.47. The van der Waals surface area contributed by atoms with Gasteiger partial charge in [0.1, 0.15) is 5.75 Å². The predicted molar refractivity (Wildman–Crippen MR) is 134 cm³/mol. The van der Waals surface area contributed by atoms with Crippen LogP contribution in [0.15, 0.2) is 78.0 Å². The Balaban J connectivity index is 1.55. The maximum absolute atomic E-state index is 13.9. The Morgan fingerprint density at radius 2 is 1.91 bits per heavy atom. The summed E-state index contributed by atoms with van der Waals surface area (Å²) in [6, 6.07) is 16.7. The number of fused-ring (bicyclic) bond motifs is 2. The van der Waals surface area contributed by atoms with Crippen molar-refractivity contribution in [2.75, 3.05) is 5.32 Å². The molecule has 0 radical (unpaired) electrons. The highest BCUT2D eigenvalue weighted by Crippen LogP contribution is 2.29. The highest BCUT2D eigenvalue weighted by atomic mass is 19.1. The second-order valence-corrected chi connectivity index (χ2v) is 8.66. The third-order valence-corrected chi connectivity index (χ3v) is 5.97. The molecule has 7 nitrogen and oxygen atoms in total. The van der Waals surface area contributed by atoms with E-state index >= 15 is 0 Å². The topological polar surface area (TPSA) is 81.9 Å². The molecule has 6 rings (SSSR count). The first-order valence-electron chi connectivity index (χ1n) is 11.5. The molecule has 3 heterocycles. The molecule has 0 aliphatic heterocycles. The lowest BCUT2D eigenvalue weighted by Crippen LogP contribution is -2.21. The fourth-order valence-corrected chi connectivity index (χ4v) is 4.14. The van der Waals surface area contributed by atoms with Crippen LogP contribution in [0.3, 0.4) is 0 Å². The Morgan fingerprint density at radius 3 is 2.69 bits per heavy atom. The van der Waals surface area contributed by atoms with Gasteiger partial charge in [-0.05, 0) is 54.8 Å². The third-order valence-electron chi connectivity index (χ3n) is 5.97. The lowest BCUT2D eigenvalue weighted by Gasteiger charge is -2.14. The minimum Gasteiger partial charge on any atom is -0.461 e. The molecule has 1 saturated carbocycles. The molecule has 5 aromatic rings. The number of hydrogen-bond acceptors (Lipinski definition) is 6. The standard InChI is InChI=1S/C27H22FN5O2/c1-16(28)35-22-9-4-17(5-10-22)24-25-19(14-30-27(32-25)31-20-6-7-20)15-33(26(24)34)21-8-11-23-18(13-21)3-2-12-29-23/h2-5,8-16,20H,6-7H2,1H3,(H,31,32)/t16-/m1/s1. The van der Waals surface area contributed by atoms with Gasteiger partial charge in [0.05, 0.1) is 16.6 Å². The van der Waals surface area contributed by atoms with E-state index in [2.05, 4.69) is 15.3 Å². The summed E-state index contributed by atoms with van der Waals surface area (Å²) in [6.45, 7) is 1.32. The summed E-state index contributed by atoms with van der Waals surface area (Å²) >= 11 is 0. The van der Waals surface area contributed by atoms with Crippen molar-refractivity contribution >= 4 is 27.8 Å². The largest absolute Gasteiger partial charge is 0.461 e. The predicted octanol–water partition coefficient (Wildman–Crippen LogP) is 5.26. The molecule has 35 heavy (non-hydrogen) atoms. The number of hydrogen-bond donors (Lipinski definition) is 1. The van der Waals surface area contributed by atoms with Crippen LogP contribution in [0.25, 0.3) is 38.6 Å². The van der Waals surface area contributed by atoms with Gasteiger partial charge in [-0.25, -0.2) is 14.4 Å². The zero-order valence-corrected chi connectivity index (χ0v) is 19.0. The van der Waals surface area contributed by atoms with Gasteiger partial charge in [0.2, 0.25) is 12.3 Å². The maximum Gasteiger partial charge on any atom is 0.265 e. The smallest absolute Gasteiger partial charge is 0.265 e. The van der Waals surface area contributed by atoms with Crippen molar-refractivity contribution in [3.63, 3.8) is 0 Å². The molecule has 0 unspecified atom stereocenters. The summed E-state index contributed by atoms with van der Waals surface area (Å²) in [7, 11) is 0. The number of benzene rings is 2. The number of nitrogens with one attached hydrogen (secondary N) is 1. The van der Waals surface area contributed by atoms with E-state index in [0.717, 1.165) is 29.1 Å². The number of rotatable bonds is 6. The van der Waals surface area contributed by atoms with Crippen LogP contribution < -0.4 is 15.6 Å². The highest BCUT2D eigenvalue weighted by molar-refractivity contribution is 5.93. The van der Waals surface area contributed by atoms with Gasteiger partial charge in [0.25, 0.3) is 5.56 Å². The van der Waals surface area contributed by atoms with Gasteiger partial charge >= 0.3 is 0 Å². The molecule has 0 spiro atoms. The molecule has 0 amide bonds. The Kier molecular flexibility index (Phi) is 5.13.